The first-order valence-corrected chi connectivity index (χ1v) is 2.48. The third-order valence-corrected chi connectivity index (χ3v) is 0.605. The first-order valence-electron chi connectivity index (χ1n) is 2.48. The van der Waals surface area contributed by atoms with E-state index in [9.17, 15) is 4.79 Å². The first kappa shape index (κ1) is 7.27. The number of nitrogens with one attached hydrogen (secondary N) is 2. The van der Waals surface area contributed by atoms with Gasteiger partial charge >= 0.3 is 6.03 Å². The molecule has 1 unspecified atom stereocenters. The zero-order valence-corrected chi connectivity index (χ0v) is 5.19. The van der Waals surface area contributed by atoms with Crippen LogP contribution in [0.5, 0.6) is 0 Å². The fraction of sp³-hybridized carbons (Fsp3) is 0.600. The number of carbonyl (C=O) groups excluding carboxylic acids is 1. The minimum atomic E-state index is -0.187. The molecule has 0 aromatic rings. The van der Waals surface area contributed by atoms with Gasteiger partial charge in [0.05, 0.1) is 0 Å². The second kappa shape index (κ2) is 3.29. The Kier molecular flexibility index (Phi) is 2.99. The smallest absolute Gasteiger partial charge is 0.314 e. The fourth-order valence-corrected chi connectivity index (χ4v) is 0.296. The van der Waals surface area contributed by atoms with Gasteiger partial charge in [0.25, 0.3) is 0 Å². The van der Waals surface area contributed by atoms with E-state index in [2.05, 4.69) is 17.6 Å². The van der Waals surface area contributed by atoms with Crippen LogP contribution in [-0.2, 0) is 0 Å². The van der Waals surface area contributed by atoms with Gasteiger partial charge in [0.2, 0.25) is 0 Å². The fourth-order valence-electron chi connectivity index (χ4n) is 0.296. The van der Waals surface area contributed by atoms with Gasteiger partial charge in [-0.05, 0) is 13.8 Å². The molecule has 3 heteroatoms. The lowest BCUT2D eigenvalue weighted by Crippen LogP contribution is -2.37. The molecule has 0 aromatic carbocycles. The predicted octanol–water partition coefficient (Wildman–Crippen LogP) is 0.138. The summed E-state index contributed by atoms with van der Waals surface area (Å²) in [5.74, 6) is 0. The average Bonchev–Trinajstić information content (AvgIpc) is 1.65. The van der Waals surface area contributed by atoms with Crippen LogP contribution < -0.4 is 10.6 Å². The highest BCUT2D eigenvalue weighted by molar-refractivity contribution is 5.73. The van der Waals surface area contributed by atoms with E-state index in [1.165, 1.54) is 0 Å². The molecule has 0 bridgehead atoms. The summed E-state index contributed by atoms with van der Waals surface area (Å²) in [6.45, 7) is 5.36. The molecular formula is C5H11N2O. The molecule has 2 N–H and O–H groups in total. The van der Waals surface area contributed by atoms with Gasteiger partial charge in [0, 0.05) is 13.1 Å². The summed E-state index contributed by atoms with van der Waals surface area (Å²) in [4.78, 5) is 10.4. The van der Waals surface area contributed by atoms with Gasteiger partial charge in [0.15, 0.2) is 0 Å². The van der Waals surface area contributed by atoms with Crippen molar-refractivity contribution in [3.8, 4) is 0 Å². The maximum Gasteiger partial charge on any atom is 0.314 e. The van der Waals surface area contributed by atoms with Crippen molar-refractivity contribution in [1.82, 2.24) is 10.6 Å². The van der Waals surface area contributed by atoms with Crippen molar-refractivity contribution in [2.24, 2.45) is 0 Å². The van der Waals surface area contributed by atoms with Crippen LogP contribution in [0.1, 0.15) is 6.92 Å². The number of urea groups is 1. The SMILES string of the molecule is [CH2]C(C)NC(=O)NC. The summed E-state index contributed by atoms with van der Waals surface area (Å²) in [5, 5.41) is 4.94. The van der Waals surface area contributed by atoms with Crippen molar-refractivity contribution in [2.75, 3.05) is 7.05 Å². The normalized spacial score (nSPS) is 9.00. The van der Waals surface area contributed by atoms with Crippen LogP contribution in [-0.4, -0.2) is 19.1 Å². The molecule has 0 saturated heterocycles. The number of amides is 2. The van der Waals surface area contributed by atoms with E-state index in [0.29, 0.717) is 0 Å². The van der Waals surface area contributed by atoms with Crippen LogP contribution in [0.2, 0.25) is 0 Å². The minimum absolute atomic E-state index is 0.0325. The van der Waals surface area contributed by atoms with Crippen LogP contribution in [0.4, 0.5) is 4.79 Å². The Hall–Kier alpha value is -0.730. The Morgan fingerprint density at radius 1 is 1.75 bits per heavy atom. The number of rotatable bonds is 1. The van der Waals surface area contributed by atoms with Gasteiger partial charge < -0.3 is 10.6 Å². The van der Waals surface area contributed by atoms with E-state index in [0.717, 1.165) is 0 Å². The summed E-state index contributed by atoms with van der Waals surface area (Å²) in [6.07, 6.45) is 0. The molecule has 0 rings (SSSR count). The summed E-state index contributed by atoms with van der Waals surface area (Å²) in [6, 6.07) is -0.220. The molecule has 1 atom stereocenters. The zero-order valence-electron chi connectivity index (χ0n) is 5.19. The Bertz CT molecular complexity index is 80.5. The molecular weight excluding hydrogens is 104 g/mol. The van der Waals surface area contributed by atoms with Crippen LogP contribution in [0.15, 0.2) is 0 Å². The number of hydrogen-bond donors (Lipinski definition) is 2. The largest absolute Gasteiger partial charge is 0.341 e. The minimum Gasteiger partial charge on any atom is -0.341 e. The van der Waals surface area contributed by atoms with Gasteiger partial charge in [-0.2, -0.15) is 0 Å². The van der Waals surface area contributed by atoms with Crippen molar-refractivity contribution in [3.05, 3.63) is 6.92 Å². The van der Waals surface area contributed by atoms with E-state index in [1.807, 2.05) is 0 Å². The lowest BCUT2D eigenvalue weighted by Gasteiger charge is -2.05. The van der Waals surface area contributed by atoms with Crippen LogP contribution in [0.3, 0.4) is 0 Å². The molecule has 0 aromatic heterocycles. The second-order valence-electron chi connectivity index (χ2n) is 1.62. The summed E-state index contributed by atoms with van der Waals surface area (Å²) >= 11 is 0. The van der Waals surface area contributed by atoms with E-state index < -0.39 is 0 Å². The standard InChI is InChI=1S/C5H11N2O/c1-4(2)7-5(8)6-3/h4H,1H2,2-3H3,(H2,6,7,8). The Morgan fingerprint density at radius 2 is 2.25 bits per heavy atom. The van der Waals surface area contributed by atoms with Gasteiger partial charge in [-0.15, -0.1) is 0 Å². The molecule has 0 aliphatic rings. The van der Waals surface area contributed by atoms with Crippen molar-refractivity contribution in [1.29, 1.82) is 0 Å². The molecule has 1 radical (unpaired) electrons. The highest BCUT2D eigenvalue weighted by Gasteiger charge is 1.95. The number of hydrogen-bond acceptors (Lipinski definition) is 1. The molecule has 47 valence electrons. The van der Waals surface area contributed by atoms with E-state index in [1.54, 1.807) is 14.0 Å². The highest BCUT2D eigenvalue weighted by Crippen LogP contribution is 1.72. The maximum atomic E-state index is 10.4. The molecule has 3 nitrogen and oxygen atoms in total. The van der Waals surface area contributed by atoms with E-state index in [4.69, 9.17) is 0 Å². The lowest BCUT2D eigenvalue weighted by molar-refractivity contribution is 0.241. The molecule has 0 heterocycles. The van der Waals surface area contributed by atoms with Crippen molar-refractivity contribution < 1.29 is 4.79 Å². The third kappa shape index (κ3) is 3.46. The Balaban J connectivity index is 3.25. The zero-order chi connectivity index (χ0) is 6.57. The molecule has 0 fully saturated rings. The Morgan fingerprint density at radius 3 is 2.38 bits per heavy atom. The monoisotopic (exact) mass is 115 g/mol. The van der Waals surface area contributed by atoms with Gasteiger partial charge in [0.1, 0.15) is 0 Å². The lowest BCUT2D eigenvalue weighted by atomic mass is 10.4. The number of carbonyl (C=O) groups is 1. The summed E-state index contributed by atoms with van der Waals surface area (Å²) in [7, 11) is 1.57. The molecule has 0 aliphatic heterocycles. The van der Waals surface area contributed by atoms with Gasteiger partial charge in [-0.25, -0.2) is 4.79 Å². The van der Waals surface area contributed by atoms with Crippen LogP contribution in [0, 0.1) is 6.92 Å². The van der Waals surface area contributed by atoms with Crippen molar-refractivity contribution in [2.45, 2.75) is 13.0 Å². The third-order valence-electron chi connectivity index (χ3n) is 0.605. The second-order valence-corrected chi connectivity index (χ2v) is 1.62. The summed E-state index contributed by atoms with van der Waals surface area (Å²) in [5.41, 5.74) is 0. The molecule has 0 spiro atoms. The van der Waals surface area contributed by atoms with E-state index in [-0.39, 0.29) is 12.1 Å². The van der Waals surface area contributed by atoms with Crippen molar-refractivity contribution in [3.63, 3.8) is 0 Å². The van der Waals surface area contributed by atoms with Gasteiger partial charge in [-0.1, -0.05) is 0 Å². The molecule has 2 amide bonds. The topological polar surface area (TPSA) is 41.1 Å². The predicted molar refractivity (Wildman–Crippen MR) is 32.4 cm³/mol. The van der Waals surface area contributed by atoms with Gasteiger partial charge in [-0.3, -0.25) is 0 Å². The summed E-state index contributed by atoms with van der Waals surface area (Å²) < 4.78 is 0. The molecule has 0 aliphatic carbocycles. The highest BCUT2D eigenvalue weighted by atomic mass is 16.2. The molecule has 8 heavy (non-hydrogen) atoms. The maximum absolute atomic E-state index is 10.4. The van der Waals surface area contributed by atoms with Crippen LogP contribution >= 0.6 is 0 Å². The average molecular weight is 115 g/mol. The van der Waals surface area contributed by atoms with Crippen LogP contribution in [0.25, 0.3) is 0 Å². The van der Waals surface area contributed by atoms with E-state index >= 15 is 0 Å². The Labute approximate surface area is 49.5 Å². The molecule has 0 saturated carbocycles. The quantitative estimate of drug-likeness (QED) is 0.501. The first-order chi connectivity index (χ1) is 3.66. The van der Waals surface area contributed by atoms with Crippen molar-refractivity contribution >= 4 is 6.03 Å².